The maximum atomic E-state index is 14.3. The van der Waals surface area contributed by atoms with Gasteiger partial charge in [-0.3, -0.25) is 4.79 Å². The largest absolute Gasteiger partial charge is 0.508 e. The molecule has 0 spiro atoms. The Balaban J connectivity index is 1.16. The minimum absolute atomic E-state index is 0.0777. The van der Waals surface area contributed by atoms with Gasteiger partial charge in [0.1, 0.15) is 114 Å². The molecule has 2 aromatic carbocycles. The second-order valence-corrected chi connectivity index (χ2v) is 15.7. The van der Waals surface area contributed by atoms with Crippen molar-refractivity contribution in [2.24, 2.45) is 0 Å². The van der Waals surface area contributed by atoms with Crippen LogP contribution < -0.4 is 14.9 Å². The van der Waals surface area contributed by atoms with E-state index in [0.717, 1.165) is 12.1 Å². The summed E-state index contributed by atoms with van der Waals surface area (Å²) in [6.07, 6.45) is -33.1. The van der Waals surface area contributed by atoms with Crippen LogP contribution in [0.1, 0.15) is 13.8 Å². The molecular weight excluding hydrogens is 852 g/mol. The quantitative estimate of drug-likeness (QED) is 0.0856. The number of benzene rings is 2. The van der Waals surface area contributed by atoms with Gasteiger partial charge in [-0.25, -0.2) is 0 Å². The van der Waals surface area contributed by atoms with Gasteiger partial charge in [0.25, 0.3) is 0 Å². The summed E-state index contributed by atoms with van der Waals surface area (Å²) in [6, 6.07) is 7.15. The Morgan fingerprint density at radius 2 is 1.14 bits per heavy atom. The number of fused-ring (bicyclic) bond motifs is 1. The van der Waals surface area contributed by atoms with Crippen LogP contribution in [-0.2, 0) is 28.4 Å². The van der Waals surface area contributed by atoms with Crippen molar-refractivity contribution in [3.05, 3.63) is 46.6 Å². The summed E-state index contributed by atoms with van der Waals surface area (Å²) in [7, 11) is 0. The molecule has 5 heterocycles. The molecule has 0 radical (unpaired) electrons. The third-order valence-corrected chi connectivity index (χ3v) is 11.3. The molecule has 7 rings (SSSR count). The summed E-state index contributed by atoms with van der Waals surface area (Å²) in [5.41, 5.74) is -1.36. The normalized spacial score (nSPS) is 41.0. The van der Waals surface area contributed by atoms with Gasteiger partial charge in [-0.05, 0) is 38.1 Å². The zero-order chi connectivity index (χ0) is 45.8. The second-order valence-electron chi connectivity index (χ2n) is 15.7. The summed E-state index contributed by atoms with van der Waals surface area (Å²) >= 11 is 0. The van der Waals surface area contributed by atoms with Crippen LogP contribution in [0.2, 0.25) is 0 Å². The fraction of sp³-hybridized carbons (Fsp3) is 0.615. The third kappa shape index (κ3) is 9.19. The van der Waals surface area contributed by atoms with Crippen molar-refractivity contribution >= 4 is 11.0 Å². The number of aliphatic hydroxyl groups is 12. The Labute approximate surface area is 355 Å². The highest BCUT2D eigenvalue weighted by molar-refractivity contribution is 5.88. The van der Waals surface area contributed by atoms with Gasteiger partial charge in [0, 0.05) is 17.7 Å². The number of phenols is 2. The van der Waals surface area contributed by atoms with Gasteiger partial charge in [0.05, 0.1) is 25.4 Å². The Bertz CT molecular complexity index is 2080. The van der Waals surface area contributed by atoms with Crippen LogP contribution in [-0.4, -0.2) is 208 Å². The molecule has 14 N–H and O–H groups in total. The molecule has 0 saturated carbocycles. The van der Waals surface area contributed by atoms with Crippen LogP contribution in [0.15, 0.2) is 45.6 Å². The van der Waals surface area contributed by atoms with E-state index in [1.54, 1.807) is 0 Å². The average molecular weight is 903 g/mol. The summed E-state index contributed by atoms with van der Waals surface area (Å²) in [5.74, 6) is -2.35. The van der Waals surface area contributed by atoms with Gasteiger partial charge >= 0.3 is 0 Å². The lowest BCUT2D eigenvalue weighted by Gasteiger charge is -2.45. The lowest BCUT2D eigenvalue weighted by Crippen LogP contribution is -2.63. The van der Waals surface area contributed by atoms with Crippen molar-refractivity contribution in [2.75, 3.05) is 13.2 Å². The number of aromatic hydroxyl groups is 2. The van der Waals surface area contributed by atoms with Crippen LogP contribution in [0, 0.1) is 0 Å². The average Bonchev–Trinajstić information content (AvgIpc) is 3.25. The van der Waals surface area contributed by atoms with Crippen LogP contribution in [0.4, 0.5) is 0 Å². The lowest BCUT2D eigenvalue weighted by atomic mass is 9.97. The number of phenolic OH excluding ortho intramolecular Hbond substituents is 2. The van der Waals surface area contributed by atoms with Crippen LogP contribution in [0.3, 0.4) is 0 Å². The van der Waals surface area contributed by atoms with Crippen molar-refractivity contribution in [3.8, 4) is 34.3 Å². The van der Waals surface area contributed by atoms with E-state index < -0.39 is 158 Å². The SMILES string of the molecule is C[C@@H]1O[C@H](Oc2cc(O)c3c(=O)c(O[C@H]4O[C@H](CO[C@H]5O[C@H](CO)[C@H](O)[C@@H](O)[C@H]5O)[C@H](O)[C@H](O)[C@H]4O)c(-c4ccc(O)cc4)oc3c2)[C@H](O)[C@@H](O[C@H]2O[C@H](C)[C@H](O)[C@H](O)[C@H]2O)[C@@H]1O. The first kappa shape index (κ1) is 47.1. The standard InChI is InChI=1S/C39H50O24/c1-11-21(43)26(48)30(52)37(56-11)62-34-22(44)12(2)57-39(32(34)54)58-15-7-16(42)20-17(8-15)59-33(13-3-5-14(41)6-4-13)35(25(20)47)63-38-31(53)28(50)24(46)19(61-38)10-55-36-29(51)27(49)23(45)18(9-40)60-36/h3-8,11-12,18-19,21-24,26-32,34,36-46,48-54H,9-10H2,1-2H3/t11-,12+,18-,19-,21+,22-,23+,24+,26+,27-,28+,29-,30-,31-,32-,34+,36+,37-,38-,39-/m1/s1. The molecule has 0 bridgehead atoms. The number of rotatable bonds is 11. The highest BCUT2D eigenvalue weighted by Gasteiger charge is 2.51. The number of hydrogen-bond acceptors (Lipinski definition) is 24. The molecule has 1 aromatic heterocycles. The topological polar surface area (TPSA) is 387 Å². The number of ether oxygens (including phenoxy) is 8. The van der Waals surface area contributed by atoms with Crippen LogP contribution in [0.5, 0.6) is 23.0 Å². The molecule has 24 heteroatoms. The van der Waals surface area contributed by atoms with Crippen molar-refractivity contribution in [1.82, 2.24) is 0 Å². The fourth-order valence-electron chi connectivity index (χ4n) is 7.57. The molecule has 4 aliphatic heterocycles. The highest BCUT2D eigenvalue weighted by Crippen LogP contribution is 2.39. The van der Waals surface area contributed by atoms with Crippen LogP contribution >= 0.6 is 0 Å². The Hall–Kier alpha value is -3.87. The minimum Gasteiger partial charge on any atom is -0.508 e. The van der Waals surface area contributed by atoms with E-state index in [4.69, 9.17) is 42.3 Å². The highest BCUT2D eigenvalue weighted by atomic mass is 16.7. The Morgan fingerprint density at radius 1 is 0.587 bits per heavy atom. The molecule has 0 amide bonds. The predicted octanol–water partition coefficient (Wildman–Crippen LogP) is -5.07. The molecule has 4 saturated heterocycles. The zero-order valence-electron chi connectivity index (χ0n) is 33.3. The van der Waals surface area contributed by atoms with Gasteiger partial charge in [-0.15, -0.1) is 0 Å². The summed E-state index contributed by atoms with van der Waals surface area (Å²) in [4.78, 5) is 14.3. The molecule has 24 nitrogen and oxygen atoms in total. The number of hydrogen-bond donors (Lipinski definition) is 14. The molecule has 0 unspecified atom stereocenters. The third-order valence-electron chi connectivity index (χ3n) is 11.3. The van der Waals surface area contributed by atoms with Gasteiger partial charge in [-0.2, -0.15) is 0 Å². The molecule has 20 atom stereocenters. The molecular formula is C39H50O24. The van der Waals surface area contributed by atoms with Gasteiger partial charge < -0.3 is 114 Å². The molecule has 350 valence electrons. The Kier molecular flexibility index (Phi) is 14.1. The smallest absolute Gasteiger partial charge is 0.239 e. The Morgan fingerprint density at radius 3 is 1.81 bits per heavy atom. The summed E-state index contributed by atoms with van der Waals surface area (Å²) in [6.45, 7) is 1.33. The van der Waals surface area contributed by atoms with E-state index in [-0.39, 0.29) is 28.4 Å². The molecule has 3 aromatic rings. The van der Waals surface area contributed by atoms with Gasteiger partial charge in [0.15, 0.2) is 18.3 Å². The van der Waals surface area contributed by atoms with E-state index in [1.807, 2.05) is 0 Å². The fourth-order valence-corrected chi connectivity index (χ4v) is 7.57. The zero-order valence-corrected chi connectivity index (χ0v) is 33.3. The monoisotopic (exact) mass is 902 g/mol. The predicted molar refractivity (Wildman–Crippen MR) is 202 cm³/mol. The lowest BCUT2D eigenvalue weighted by molar-refractivity contribution is -0.346. The summed E-state index contributed by atoms with van der Waals surface area (Å²) in [5, 5.41) is 146. The molecule has 4 fully saturated rings. The van der Waals surface area contributed by atoms with Crippen molar-refractivity contribution in [2.45, 2.75) is 137 Å². The van der Waals surface area contributed by atoms with E-state index in [2.05, 4.69) is 0 Å². The van der Waals surface area contributed by atoms with E-state index in [1.165, 1.54) is 38.1 Å². The second kappa shape index (κ2) is 18.9. The molecule has 4 aliphatic rings. The maximum absolute atomic E-state index is 14.3. The van der Waals surface area contributed by atoms with E-state index >= 15 is 0 Å². The molecule has 63 heavy (non-hydrogen) atoms. The minimum atomic E-state index is -2.06. The van der Waals surface area contributed by atoms with E-state index in [9.17, 15) is 76.3 Å². The van der Waals surface area contributed by atoms with Gasteiger partial charge in [-0.1, -0.05) is 0 Å². The van der Waals surface area contributed by atoms with E-state index in [0.29, 0.717) is 0 Å². The molecule has 0 aliphatic carbocycles. The van der Waals surface area contributed by atoms with Gasteiger partial charge in [0.2, 0.25) is 23.8 Å². The first-order valence-electron chi connectivity index (χ1n) is 19.8. The summed E-state index contributed by atoms with van der Waals surface area (Å²) < 4.78 is 51.1. The first-order chi connectivity index (χ1) is 29.8. The number of aliphatic hydroxyl groups excluding tert-OH is 12. The first-order valence-corrected chi connectivity index (χ1v) is 19.8. The van der Waals surface area contributed by atoms with Crippen molar-refractivity contribution < 1.29 is 114 Å². The maximum Gasteiger partial charge on any atom is 0.239 e. The van der Waals surface area contributed by atoms with Crippen LogP contribution in [0.25, 0.3) is 22.3 Å². The van der Waals surface area contributed by atoms with Crippen molar-refractivity contribution in [1.29, 1.82) is 0 Å². The van der Waals surface area contributed by atoms with Crippen molar-refractivity contribution in [3.63, 3.8) is 0 Å².